The van der Waals surface area contributed by atoms with Gasteiger partial charge in [-0.3, -0.25) is 4.57 Å². The minimum atomic E-state index is 0.539. The topological polar surface area (TPSA) is 72.6 Å². The number of hydrogen-bond acceptors (Lipinski definition) is 4. The molecule has 0 spiro atoms. The van der Waals surface area contributed by atoms with Crippen LogP contribution in [0.5, 0.6) is 0 Å². The van der Waals surface area contributed by atoms with Gasteiger partial charge in [-0.05, 0) is 60.7 Å². The summed E-state index contributed by atoms with van der Waals surface area (Å²) in [6, 6.07) is 49.8. The molecule has 0 aliphatic heterocycles. The summed E-state index contributed by atoms with van der Waals surface area (Å²) in [5.74, 6) is 0.539. The van der Waals surface area contributed by atoms with Crippen LogP contribution in [0, 0.1) is 11.3 Å². The first-order chi connectivity index (χ1) is 23.3. The van der Waals surface area contributed by atoms with E-state index >= 15 is 0 Å². The van der Waals surface area contributed by atoms with Gasteiger partial charge in [0, 0.05) is 38.2 Å². The zero-order valence-corrected chi connectivity index (χ0v) is 24.9. The van der Waals surface area contributed by atoms with Gasteiger partial charge in [-0.25, -0.2) is 9.97 Å². The number of benzene rings is 6. The first-order valence-electron chi connectivity index (χ1n) is 15.5. The molecule has 6 aromatic carbocycles. The third-order valence-corrected chi connectivity index (χ3v) is 9.17. The van der Waals surface area contributed by atoms with E-state index in [1.54, 1.807) is 0 Å². The molecule has 0 unspecified atom stereocenters. The number of furan rings is 1. The van der Waals surface area contributed by atoms with Gasteiger partial charge in [0.15, 0.2) is 5.58 Å². The molecule has 4 heterocycles. The molecule has 10 rings (SSSR count). The molecular weight excluding hydrogens is 578 g/mol. The van der Waals surface area contributed by atoms with Gasteiger partial charge in [0.05, 0.1) is 33.7 Å². The predicted molar refractivity (Wildman–Crippen MR) is 188 cm³/mol. The van der Waals surface area contributed by atoms with Crippen molar-refractivity contribution >= 4 is 65.7 Å². The van der Waals surface area contributed by atoms with Crippen molar-refractivity contribution in [2.45, 2.75) is 0 Å². The number of aromatic nitrogens is 4. The van der Waals surface area contributed by atoms with Crippen LogP contribution in [0.25, 0.3) is 88.6 Å². The zero-order chi connectivity index (χ0) is 31.1. The highest BCUT2D eigenvalue weighted by Gasteiger charge is 2.22. The molecular formula is C41H23N5O. The maximum Gasteiger partial charge on any atom is 0.236 e. The maximum atomic E-state index is 9.66. The van der Waals surface area contributed by atoms with Gasteiger partial charge in [-0.1, -0.05) is 78.9 Å². The zero-order valence-electron chi connectivity index (χ0n) is 24.9. The van der Waals surface area contributed by atoms with Gasteiger partial charge in [0.1, 0.15) is 16.8 Å². The minimum Gasteiger partial charge on any atom is -0.452 e. The van der Waals surface area contributed by atoms with E-state index in [4.69, 9.17) is 14.4 Å². The highest BCUT2D eigenvalue weighted by Crippen LogP contribution is 2.38. The highest BCUT2D eigenvalue weighted by molar-refractivity contribution is 6.11. The molecule has 6 nitrogen and oxygen atoms in total. The number of fused-ring (bicyclic) bond motifs is 9. The molecule has 6 heteroatoms. The number of rotatable bonds is 3. The van der Waals surface area contributed by atoms with Crippen molar-refractivity contribution in [3.05, 3.63) is 145 Å². The minimum absolute atomic E-state index is 0.539. The molecule has 10 aromatic rings. The van der Waals surface area contributed by atoms with Crippen molar-refractivity contribution in [1.82, 2.24) is 19.1 Å². The van der Waals surface area contributed by atoms with Crippen LogP contribution in [-0.2, 0) is 0 Å². The van der Waals surface area contributed by atoms with Crippen molar-refractivity contribution in [2.24, 2.45) is 0 Å². The number of para-hydroxylation sites is 4. The Balaban J connectivity index is 1.28. The normalized spacial score (nSPS) is 11.8. The smallest absolute Gasteiger partial charge is 0.236 e. The van der Waals surface area contributed by atoms with E-state index in [0.29, 0.717) is 22.8 Å². The van der Waals surface area contributed by atoms with Crippen molar-refractivity contribution in [1.29, 1.82) is 5.26 Å². The lowest BCUT2D eigenvalue weighted by molar-refractivity contribution is 0.666. The van der Waals surface area contributed by atoms with Crippen molar-refractivity contribution < 1.29 is 4.42 Å². The quantitative estimate of drug-likeness (QED) is 0.202. The first-order valence-corrected chi connectivity index (χ1v) is 15.5. The van der Waals surface area contributed by atoms with Crippen LogP contribution in [0.1, 0.15) is 5.56 Å². The molecule has 0 aliphatic carbocycles. The predicted octanol–water partition coefficient (Wildman–Crippen LogP) is 10.1. The van der Waals surface area contributed by atoms with E-state index in [-0.39, 0.29) is 0 Å². The molecule has 0 fully saturated rings. The molecule has 218 valence electrons. The average Bonchev–Trinajstić information content (AvgIpc) is 3.79. The van der Waals surface area contributed by atoms with Gasteiger partial charge >= 0.3 is 0 Å². The Morgan fingerprint density at radius 3 is 1.87 bits per heavy atom. The molecule has 0 aliphatic rings. The van der Waals surface area contributed by atoms with E-state index in [0.717, 1.165) is 60.6 Å². The van der Waals surface area contributed by atoms with E-state index < -0.39 is 0 Å². The number of nitrogens with zero attached hydrogens (tertiary/aromatic N) is 5. The van der Waals surface area contributed by atoms with E-state index in [2.05, 4.69) is 100 Å². The lowest BCUT2D eigenvalue weighted by atomic mass is 10.1. The summed E-state index contributed by atoms with van der Waals surface area (Å²) in [6.07, 6.45) is 0. The van der Waals surface area contributed by atoms with Gasteiger partial charge in [-0.15, -0.1) is 0 Å². The Morgan fingerprint density at radius 2 is 1.15 bits per heavy atom. The van der Waals surface area contributed by atoms with Crippen LogP contribution < -0.4 is 0 Å². The molecule has 0 bridgehead atoms. The third-order valence-electron chi connectivity index (χ3n) is 9.17. The highest BCUT2D eigenvalue weighted by atomic mass is 16.3. The van der Waals surface area contributed by atoms with Crippen LogP contribution in [-0.4, -0.2) is 19.1 Å². The largest absolute Gasteiger partial charge is 0.452 e. The molecule has 0 atom stereocenters. The van der Waals surface area contributed by atoms with Gasteiger partial charge < -0.3 is 8.98 Å². The Labute approximate surface area is 268 Å². The van der Waals surface area contributed by atoms with Crippen LogP contribution >= 0.6 is 0 Å². The molecule has 47 heavy (non-hydrogen) atoms. The summed E-state index contributed by atoms with van der Waals surface area (Å²) in [5.41, 5.74) is 9.62. The van der Waals surface area contributed by atoms with Gasteiger partial charge in [0.2, 0.25) is 5.95 Å². The lowest BCUT2D eigenvalue weighted by Crippen LogP contribution is -2.03. The second-order valence-electron chi connectivity index (χ2n) is 11.8. The molecule has 0 saturated heterocycles. The second kappa shape index (κ2) is 9.64. The van der Waals surface area contributed by atoms with Crippen molar-refractivity contribution in [3.8, 4) is 29.0 Å². The molecule has 0 radical (unpaired) electrons. The fourth-order valence-corrected chi connectivity index (χ4v) is 7.13. The standard InChI is InChI=1S/C41H23N5O/c42-24-25-20-21-36-32(22-25)30-14-3-7-18-35(30)46(36)41-43-38(40-39(44-41)31-15-4-8-19-37(31)47-40)26-10-9-11-27(23-26)45-33-16-5-1-12-28(33)29-13-2-6-17-34(29)45/h1-23H. The van der Waals surface area contributed by atoms with Crippen LogP contribution in [0.4, 0.5) is 0 Å². The Bertz CT molecular complexity index is 2880. The lowest BCUT2D eigenvalue weighted by Gasteiger charge is -2.12. The molecule has 0 amide bonds. The fourth-order valence-electron chi connectivity index (χ4n) is 7.13. The summed E-state index contributed by atoms with van der Waals surface area (Å²) in [5, 5.41) is 15.0. The van der Waals surface area contributed by atoms with Gasteiger partial charge in [0.25, 0.3) is 0 Å². The van der Waals surface area contributed by atoms with E-state index in [1.807, 2.05) is 54.6 Å². The summed E-state index contributed by atoms with van der Waals surface area (Å²) < 4.78 is 10.9. The second-order valence-corrected chi connectivity index (χ2v) is 11.8. The Kier molecular flexibility index (Phi) is 5.25. The third kappa shape index (κ3) is 3.65. The van der Waals surface area contributed by atoms with Crippen molar-refractivity contribution in [2.75, 3.05) is 0 Å². The van der Waals surface area contributed by atoms with Crippen LogP contribution in [0.15, 0.2) is 144 Å². The SMILES string of the molecule is N#Cc1ccc2c(c1)c1ccccc1n2-c1nc(-c2cccc(-n3c4ccccc4c4ccccc43)c2)c2oc3ccccc3c2n1. The van der Waals surface area contributed by atoms with E-state index in [9.17, 15) is 5.26 Å². The monoisotopic (exact) mass is 601 g/mol. The first kappa shape index (κ1) is 25.6. The average molecular weight is 602 g/mol. The Morgan fingerprint density at radius 1 is 0.532 bits per heavy atom. The maximum absolute atomic E-state index is 9.66. The van der Waals surface area contributed by atoms with Gasteiger partial charge in [-0.2, -0.15) is 5.26 Å². The summed E-state index contributed by atoms with van der Waals surface area (Å²) in [6.45, 7) is 0. The number of hydrogen-bond donors (Lipinski definition) is 0. The molecule has 0 N–H and O–H groups in total. The summed E-state index contributed by atoms with van der Waals surface area (Å²) >= 11 is 0. The van der Waals surface area contributed by atoms with Crippen LogP contribution in [0.2, 0.25) is 0 Å². The summed E-state index contributed by atoms with van der Waals surface area (Å²) in [7, 11) is 0. The molecule has 0 saturated carbocycles. The van der Waals surface area contributed by atoms with Crippen molar-refractivity contribution in [3.63, 3.8) is 0 Å². The van der Waals surface area contributed by atoms with Crippen LogP contribution in [0.3, 0.4) is 0 Å². The number of nitriles is 1. The Hall–Kier alpha value is -6.71. The fraction of sp³-hybridized carbons (Fsp3) is 0. The molecule has 4 aromatic heterocycles. The van der Waals surface area contributed by atoms with E-state index in [1.165, 1.54) is 10.8 Å². The summed E-state index contributed by atoms with van der Waals surface area (Å²) in [4.78, 5) is 10.5.